The molecule has 3 aromatic rings. The minimum atomic E-state index is -0.343. The second kappa shape index (κ2) is 7.32. The molecule has 0 spiro atoms. The molecule has 0 fully saturated rings. The summed E-state index contributed by atoms with van der Waals surface area (Å²) in [5.74, 6) is -0.343. The van der Waals surface area contributed by atoms with E-state index >= 15 is 0 Å². The Hall–Kier alpha value is -3.28. The molecule has 3 rings (SSSR count). The average molecular weight is 319 g/mol. The van der Waals surface area contributed by atoms with Gasteiger partial charge in [0.05, 0.1) is 11.9 Å². The van der Waals surface area contributed by atoms with Crippen molar-refractivity contribution in [3.63, 3.8) is 0 Å². The number of aromatic amines is 1. The highest BCUT2D eigenvalue weighted by Crippen LogP contribution is 2.18. The molecule has 1 amide bonds. The van der Waals surface area contributed by atoms with Crippen LogP contribution in [0.4, 0.5) is 0 Å². The molecule has 1 aromatic carbocycles. The van der Waals surface area contributed by atoms with E-state index in [4.69, 9.17) is 0 Å². The fraction of sp³-hybridized carbons (Fsp3) is 0.111. The summed E-state index contributed by atoms with van der Waals surface area (Å²) in [6.07, 6.45) is 5.87. The molecule has 0 bridgehead atoms. The summed E-state index contributed by atoms with van der Waals surface area (Å²) in [5, 5.41) is 10.8. The summed E-state index contributed by atoms with van der Waals surface area (Å²) in [6, 6.07) is 13.4. The van der Waals surface area contributed by atoms with Gasteiger partial charge in [-0.15, -0.1) is 0 Å². The van der Waals surface area contributed by atoms with Crippen LogP contribution in [0.5, 0.6) is 0 Å². The van der Waals surface area contributed by atoms with Gasteiger partial charge >= 0.3 is 0 Å². The number of rotatable bonds is 5. The molecule has 0 atom stereocenters. The van der Waals surface area contributed by atoms with Gasteiger partial charge in [0, 0.05) is 18.0 Å². The SMILES string of the molecule is CCc1ccc(-c2cc(C(=O)N/N=C/c3ccncc3)[nH]n2)cc1. The van der Waals surface area contributed by atoms with Crippen LogP contribution >= 0.6 is 0 Å². The zero-order valence-electron chi connectivity index (χ0n) is 13.2. The predicted octanol–water partition coefficient (Wildman–Crippen LogP) is 2.80. The van der Waals surface area contributed by atoms with Gasteiger partial charge in [-0.3, -0.25) is 14.9 Å². The molecule has 6 nitrogen and oxygen atoms in total. The normalized spacial score (nSPS) is 10.9. The van der Waals surface area contributed by atoms with Crippen molar-refractivity contribution in [2.75, 3.05) is 0 Å². The molecule has 2 N–H and O–H groups in total. The monoisotopic (exact) mass is 319 g/mol. The number of nitrogens with one attached hydrogen (secondary N) is 2. The standard InChI is InChI=1S/C18H17N5O/c1-2-13-3-5-15(6-4-13)16-11-17(22-21-16)18(24)23-20-12-14-7-9-19-10-8-14/h3-12H,2H2,1H3,(H,21,22)(H,23,24)/b20-12+. The smallest absolute Gasteiger partial charge is 0.272 e. The molecule has 0 saturated heterocycles. The van der Waals surface area contributed by atoms with Crippen molar-refractivity contribution < 1.29 is 4.79 Å². The number of nitrogens with zero attached hydrogens (tertiary/aromatic N) is 3. The third-order valence-corrected chi connectivity index (χ3v) is 3.57. The van der Waals surface area contributed by atoms with E-state index in [-0.39, 0.29) is 5.91 Å². The minimum absolute atomic E-state index is 0.343. The third-order valence-electron chi connectivity index (χ3n) is 3.57. The molecule has 0 radical (unpaired) electrons. The van der Waals surface area contributed by atoms with Gasteiger partial charge < -0.3 is 0 Å². The van der Waals surface area contributed by atoms with Gasteiger partial charge in [0.1, 0.15) is 5.69 Å². The molecule has 2 aromatic heterocycles. The van der Waals surface area contributed by atoms with Crippen molar-refractivity contribution in [2.24, 2.45) is 5.10 Å². The van der Waals surface area contributed by atoms with Gasteiger partial charge in [-0.25, -0.2) is 5.43 Å². The number of hydrazone groups is 1. The van der Waals surface area contributed by atoms with Crippen LogP contribution in [0.1, 0.15) is 28.5 Å². The number of H-pyrrole nitrogens is 1. The van der Waals surface area contributed by atoms with Gasteiger partial charge in [0.2, 0.25) is 0 Å². The molecule has 2 heterocycles. The molecule has 0 aliphatic rings. The molecule has 120 valence electrons. The zero-order chi connectivity index (χ0) is 16.8. The van der Waals surface area contributed by atoms with E-state index in [1.54, 1.807) is 36.8 Å². The van der Waals surface area contributed by atoms with E-state index in [2.05, 4.69) is 44.8 Å². The van der Waals surface area contributed by atoms with Crippen molar-refractivity contribution in [3.8, 4) is 11.3 Å². The second-order valence-electron chi connectivity index (χ2n) is 5.20. The fourth-order valence-electron chi connectivity index (χ4n) is 2.17. The van der Waals surface area contributed by atoms with Crippen molar-refractivity contribution in [1.82, 2.24) is 20.6 Å². The van der Waals surface area contributed by atoms with Crippen LogP contribution in [0.25, 0.3) is 11.3 Å². The molecular formula is C18H17N5O. The lowest BCUT2D eigenvalue weighted by atomic mass is 10.1. The van der Waals surface area contributed by atoms with E-state index in [0.717, 1.165) is 23.2 Å². The van der Waals surface area contributed by atoms with E-state index < -0.39 is 0 Å². The lowest BCUT2D eigenvalue weighted by Crippen LogP contribution is -2.17. The number of carbonyl (C=O) groups excluding carboxylic acids is 1. The maximum atomic E-state index is 12.1. The number of amides is 1. The molecule has 0 unspecified atom stereocenters. The summed E-state index contributed by atoms with van der Waals surface area (Å²) in [6.45, 7) is 2.11. The Labute approximate surface area is 139 Å². The maximum Gasteiger partial charge on any atom is 0.289 e. The van der Waals surface area contributed by atoms with Crippen molar-refractivity contribution in [1.29, 1.82) is 0 Å². The van der Waals surface area contributed by atoms with Crippen LogP contribution in [0.2, 0.25) is 0 Å². The minimum Gasteiger partial charge on any atom is -0.272 e. The zero-order valence-corrected chi connectivity index (χ0v) is 13.2. The highest BCUT2D eigenvalue weighted by molar-refractivity contribution is 5.94. The van der Waals surface area contributed by atoms with Gasteiger partial charge in [-0.1, -0.05) is 31.2 Å². The Balaban J connectivity index is 1.66. The topological polar surface area (TPSA) is 83.0 Å². The highest BCUT2D eigenvalue weighted by atomic mass is 16.2. The molecule has 0 aliphatic carbocycles. The van der Waals surface area contributed by atoms with Crippen LogP contribution < -0.4 is 5.43 Å². The summed E-state index contributed by atoms with van der Waals surface area (Å²) in [4.78, 5) is 16.0. The number of aromatic nitrogens is 3. The summed E-state index contributed by atoms with van der Waals surface area (Å²) in [5.41, 5.74) is 6.63. The van der Waals surface area contributed by atoms with E-state index in [9.17, 15) is 4.79 Å². The molecule has 6 heteroatoms. The van der Waals surface area contributed by atoms with Crippen LogP contribution in [0, 0.1) is 0 Å². The van der Waals surface area contributed by atoms with Crippen molar-refractivity contribution in [2.45, 2.75) is 13.3 Å². The van der Waals surface area contributed by atoms with Crippen molar-refractivity contribution in [3.05, 3.63) is 71.7 Å². The number of pyridine rings is 1. The van der Waals surface area contributed by atoms with Gasteiger partial charge in [-0.2, -0.15) is 10.2 Å². The van der Waals surface area contributed by atoms with Crippen molar-refractivity contribution >= 4 is 12.1 Å². The Morgan fingerprint density at radius 2 is 1.96 bits per heavy atom. The summed E-state index contributed by atoms with van der Waals surface area (Å²) in [7, 11) is 0. The van der Waals surface area contributed by atoms with Gasteiger partial charge in [-0.05, 0) is 35.7 Å². The summed E-state index contributed by atoms with van der Waals surface area (Å²) >= 11 is 0. The first kappa shape index (κ1) is 15.6. The first-order chi connectivity index (χ1) is 11.8. The van der Waals surface area contributed by atoms with Gasteiger partial charge in [0.15, 0.2) is 0 Å². The average Bonchev–Trinajstić information content (AvgIpc) is 3.13. The number of aryl methyl sites for hydroxylation is 1. The Morgan fingerprint density at radius 3 is 2.67 bits per heavy atom. The fourth-order valence-corrected chi connectivity index (χ4v) is 2.17. The van der Waals surface area contributed by atoms with Crippen LogP contribution in [0.3, 0.4) is 0 Å². The number of carbonyl (C=O) groups is 1. The largest absolute Gasteiger partial charge is 0.289 e. The quantitative estimate of drug-likeness (QED) is 0.560. The van der Waals surface area contributed by atoms with Crippen LogP contribution in [-0.4, -0.2) is 27.3 Å². The lowest BCUT2D eigenvalue weighted by Gasteiger charge is -1.98. The maximum absolute atomic E-state index is 12.1. The van der Waals surface area contributed by atoms with E-state index in [0.29, 0.717) is 5.69 Å². The number of hydrogen-bond donors (Lipinski definition) is 2. The van der Waals surface area contributed by atoms with E-state index in [1.807, 2.05) is 12.1 Å². The lowest BCUT2D eigenvalue weighted by molar-refractivity contribution is 0.0950. The predicted molar refractivity (Wildman–Crippen MR) is 92.7 cm³/mol. The van der Waals surface area contributed by atoms with Crippen LogP contribution in [-0.2, 0) is 6.42 Å². The Kier molecular flexibility index (Phi) is 4.76. The number of hydrogen-bond acceptors (Lipinski definition) is 4. The third kappa shape index (κ3) is 3.73. The first-order valence-electron chi connectivity index (χ1n) is 7.64. The Bertz CT molecular complexity index is 837. The molecule has 0 aliphatic heterocycles. The van der Waals surface area contributed by atoms with Crippen LogP contribution in [0.15, 0.2) is 60.0 Å². The Morgan fingerprint density at radius 1 is 1.21 bits per heavy atom. The first-order valence-corrected chi connectivity index (χ1v) is 7.64. The molecular weight excluding hydrogens is 302 g/mol. The van der Waals surface area contributed by atoms with Gasteiger partial charge in [0.25, 0.3) is 5.91 Å². The highest BCUT2D eigenvalue weighted by Gasteiger charge is 2.10. The second-order valence-corrected chi connectivity index (χ2v) is 5.20. The molecule has 24 heavy (non-hydrogen) atoms. The summed E-state index contributed by atoms with van der Waals surface area (Å²) < 4.78 is 0. The van der Waals surface area contributed by atoms with E-state index in [1.165, 1.54) is 5.56 Å². The molecule has 0 saturated carbocycles. The number of benzene rings is 1.